The molecule has 0 radical (unpaired) electrons. The molecule has 0 spiro atoms. The summed E-state index contributed by atoms with van der Waals surface area (Å²) in [6.07, 6.45) is 3.61. The van der Waals surface area contributed by atoms with Crippen molar-refractivity contribution in [3.05, 3.63) is 29.6 Å². The molecule has 1 amide bonds. The Morgan fingerprint density at radius 3 is 3.00 bits per heavy atom. The molecule has 0 aliphatic carbocycles. The number of halogens is 1. The highest BCUT2D eigenvalue weighted by atomic mass is 35.5. The van der Waals surface area contributed by atoms with Gasteiger partial charge in [-0.15, -0.1) is 11.6 Å². The Morgan fingerprint density at radius 2 is 2.38 bits per heavy atom. The Hall–Kier alpha value is -1.09. The second-order valence-corrected chi connectivity index (χ2v) is 4.35. The van der Waals surface area contributed by atoms with Crippen molar-refractivity contribution < 1.29 is 4.79 Å². The summed E-state index contributed by atoms with van der Waals surface area (Å²) in [6, 6.07) is 3.52. The van der Waals surface area contributed by atoms with E-state index < -0.39 is 0 Å². The van der Waals surface area contributed by atoms with Crippen LogP contribution < -0.4 is 5.32 Å². The largest absolute Gasteiger partial charge is 0.350 e. The van der Waals surface area contributed by atoms with Gasteiger partial charge in [0.15, 0.2) is 0 Å². The van der Waals surface area contributed by atoms with Gasteiger partial charge in [-0.05, 0) is 25.5 Å². The average molecular weight is 241 g/mol. The van der Waals surface area contributed by atoms with Gasteiger partial charge in [0, 0.05) is 18.4 Å². The SMILES string of the molecule is CCCC(Cl)CNC(=O)c1cccnc1C. The molecule has 0 saturated heterocycles. The highest BCUT2D eigenvalue weighted by Crippen LogP contribution is 2.06. The number of carbonyl (C=O) groups excluding carboxylic acids is 1. The van der Waals surface area contributed by atoms with Crippen LogP contribution in [0.1, 0.15) is 35.8 Å². The van der Waals surface area contributed by atoms with Crippen LogP contribution in [-0.2, 0) is 0 Å². The molecule has 4 heteroatoms. The normalized spacial score (nSPS) is 12.2. The van der Waals surface area contributed by atoms with Crippen LogP contribution in [0.2, 0.25) is 0 Å². The molecule has 88 valence electrons. The minimum atomic E-state index is -0.104. The summed E-state index contributed by atoms with van der Waals surface area (Å²) in [5, 5.41) is 2.82. The van der Waals surface area contributed by atoms with E-state index in [-0.39, 0.29) is 11.3 Å². The Labute approximate surface area is 101 Å². The fraction of sp³-hybridized carbons (Fsp3) is 0.500. The zero-order valence-electron chi connectivity index (χ0n) is 9.66. The van der Waals surface area contributed by atoms with E-state index in [2.05, 4.69) is 17.2 Å². The van der Waals surface area contributed by atoms with Crippen molar-refractivity contribution in [1.82, 2.24) is 10.3 Å². The van der Waals surface area contributed by atoms with Gasteiger partial charge in [-0.1, -0.05) is 13.3 Å². The van der Waals surface area contributed by atoms with E-state index in [0.29, 0.717) is 12.1 Å². The summed E-state index contributed by atoms with van der Waals surface area (Å²) < 4.78 is 0. The molecule has 0 aliphatic heterocycles. The maximum absolute atomic E-state index is 11.8. The van der Waals surface area contributed by atoms with Gasteiger partial charge in [0.2, 0.25) is 0 Å². The number of hydrogen-bond acceptors (Lipinski definition) is 2. The smallest absolute Gasteiger partial charge is 0.253 e. The topological polar surface area (TPSA) is 42.0 Å². The lowest BCUT2D eigenvalue weighted by Crippen LogP contribution is -2.30. The first kappa shape index (κ1) is 13.0. The summed E-state index contributed by atoms with van der Waals surface area (Å²) in [5.74, 6) is -0.104. The molecule has 1 unspecified atom stereocenters. The molecule has 0 bridgehead atoms. The van der Waals surface area contributed by atoms with Gasteiger partial charge in [-0.2, -0.15) is 0 Å². The third-order valence-electron chi connectivity index (χ3n) is 2.34. The fourth-order valence-corrected chi connectivity index (χ4v) is 1.73. The van der Waals surface area contributed by atoms with Gasteiger partial charge in [0.05, 0.1) is 10.9 Å². The first-order valence-electron chi connectivity index (χ1n) is 5.49. The van der Waals surface area contributed by atoms with Crippen LogP contribution >= 0.6 is 11.6 Å². The summed E-state index contributed by atoms with van der Waals surface area (Å²) >= 11 is 6.02. The molecule has 0 fully saturated rings. The number of alkyl halides is 1. The molecule has 0 saturated carbocycles. The van der Waals surface area contributed by atoms with E-state index in [1.54, 1.807) is 18.3 Å². The van der Waals surface area contributed by atoms with Crippen molar-refractivity contribution in [2.24, 2.45) is 0 Å². The van der Waals surface area contributed by atoms with E-state index in [1.807, 2.05) is 6.92 Å². The summed E-state index contributed by atoms with van der Waals surface area (Å²) in [7, 11) is 0. The number of aryl methyl sites for hydroxylation is 1. The van der Waals surface area contributed by atoms with Crippen molar-refractivity contribution in [3.8, 4) is 0 Å². The Kier molecular flexibility index (Phi) is 5.26. The predicted octanol–water partition coefficient (Wildman–Crippen LogP) is 2.53. The van der Waals surface area contributed by atoms with Gasteiger partial charge >= 0.3 is 0 Å². The van der Waals surface area contributed by atoms with E-state index in [4.69, 9.17) is 11.6 Å². The molecule has 1 rings (SSSR count). The second kappa shape index (κ2) is 6.48. The number of nitrogens with one attached hydrogen (secondary N) is 1. The average Bonchev–Trinajstić information content (AvgIpc) is 2.27. The molecule has 1 atom stereocenters. The van der Waals surface area contributed by atoms with Crippen molar-refractivity contribution in [2.75, 3.05) is 6.54 Å². The van der Waals surface area contributed by atoms with Gasteiger partial charge in [0.1, 0.15) is 0 Å². The van der Waals surface area contributed by atoms with Gasteiger partial charge in [0.25, 0.3) is 5.91 Å². The minimum absolute atomic E-state index is 0.00549. The number of carbonyl (C=O) groups is 1. The highest BCUT2D eigenvalue weighted by molar-refractivity contribution is 6.20. The monoisotopic (exact) mass is 240 g/mol. The molecule has 16 heavy (non-hydrogen) atoms. The number of hydrogen-bond donors (Lipinski definition) is 1. The van der Waals surface area contributed by atoms with E-state index in [1.165, 1.54) is 0 Å². The number of aromatic nitrogens is 1. The summed E-state index contributed by atoms with van der Waals surface area (Å²) in [6.45, 7) is 4.39. The minimum Gasteiger partial charge on any atom is -0.350 e. The molecule has 0 aliphatic rings. The standard InChI is InChI=1S/C12H17ClN2O/c1-3-5-10(13)8-15-12(16)11-6-4-7-14-9(11)2/h4,6-7,10H,3,5,8H2,1-2H3,(H,15,16). The lowest BCUT2D eigenvalue weighted by atomic mass is 10.2. The molecule has 1 N–H and O–H groups in total. The van der Waals surface area contributed by atoms with Crippen LogP contribution in [0, 0.1) is 6.92 Å². The van der Waals surface area contributed by atoms with Gasteiger partial charge < -0.3 is 5.32 Å². The summed E-state index contributed by atoms with van der Waals surface area (Å²) in [5.41, 5.74) is 1.35. The zero-order chi connectivity index (χ0) is 12.0. The zero-order valence-corrected chi connectivity index (χ0v) is 10.4. The van der Waals surface area contributed by atoms with Crippen molar-refractivity contribution in [1.29, 1.82) is 0 Å². The molecule has 1 heterocycles. The van der Waals surface area contributed by atoms with Crippen molar-refractivity contribution in [2.45, 2.75) is 32.1 Å². The van der Waals surface area contributed by atoms with Crippen LogP contribution in [0.3, 0.4) is 0 Å². The molecular weight excluding hydrogens is 224 g/mol. The number of rotatable bonds is 5. The molecule has 0 aromatic carbocycles. The van der Waals surface area contributed by atoms with Gasteiger partial charge in [-0.25, -0.2) is 0 Å². The van der Waals surface area contributed by atoms with Crippen LogP contribution in [0.25, 0.3) is 0 Å². The Morgan fingerprint density at radius 1 is 1.62 bits per heavy atom. The van der Waals surface area contributed by atoms with Crippen LogP contribution in [0.4, 0.5) is 0 Å². The highest BCUT2D eigenvalue weighted by Gasteiger charge is 2.10. The van der Waals surface area contributed by atoms with Crippen LogP contribution in [0.5, 0.6) is 0 Å². The Bertz CT molecular complexity index is 355. The quantitative estimate of drug-likeness (QED) is 0.804. The third-order valence-corrected chi connectivity index (χ3v) is 2.71. The van der Waals surface area contributed by atoms with Crippen molar-refractivity contribution >= 4 is 17.5 Å². The van der Waals surface area contributed by atoms with E-state index >= 15 is 0 Å². The number of amides is 1. The van der Waals surface area contributed by atoms with E-state index in [0.717, 1.165) is 18.5 Å². The lowest BCUT2D eigenvalue weighted by molar-refractivity contribution is 0.0952. The fourth-order valence-electron chi connectivity index (χ4n) is 1.44. The van der Waals surface area contributed by atoms with Gasteiger partial charge in [-0.3, -0.25) is 9.78 Å². The number of pyridine rings is 1. The third kappa shape index (κ3) is 3.81. The maximum Gasteiger partial charge on any atom is 0.253 e. The van der Waals surface area contributed by atoms with Crippen molar-refractivity contribution in [3.63, 3.8) is 0 Å². The summed E-state index contributed by atoms with van der Waals surface area (Å²) in [4.78, 5) is 15.8. The second-order valence-electron chi connectivity index (χ2n) is 3.73. The molecular formula is C12H17ClN2O. The van der Waals surface area contributed by atoms with E-state index in [9.17, 15) is 4.79 Å². The molecule has 3 nitrogen and oxygen atoms in total. The Balaban J connectivity index is 2.50. The number of nitrogens with zero attached hydrogens (tertiary/aromatic N) is 1. The molecule has 1 aromatic rings. The van der Waals surface area contributed by atoms with Crippen LogP contribution in [0.15, 0.2) is 18.3 Å². The molecule has 1 aromatic heterocycles. The van der Waals surface area contributed by atoms with Crippen LogP contribution in [-0.4, -0.2) is 22.8 Å². The lowest BCUT2D eigenvalue weighted by Gasteiger charge is -2.10. The first-order valence-corrected chi connectivity index (χ1v) is 5.92. The predicted molar refractivity (Wildman–Crippen MR) is 65.9 cm³/mol. The maximum atomic E-state index is 11.8. The first-order chi connectivity index (χ1) is 7.65.